The summed E-state index contributed by atoms with van der Waals surface area (Å²) in [6, 6.07) is 20.7. The van der Waals surface area contributed by atoms with Gasteiger partial charge in [-0.15, -0.1) is 0 Å². The van der Waals surface area contributed by atoms with Crippen LogP contribution in [-0.2, 0) is 11.3 Å². The van der Waals surface area contributed by atoms with Gasteiger partial charge in [-0.25, -0.2) is 4.39 Å². The van der Waals surface area contributed by atoms with Crippen LogP contribution in [0.4, 0.5) is 10.1 Å². The predicted molar refractivity (Wildman–Crippen MR) is 158 cm³/mol. The van der Waals surface area contributed by atoms with Crippen molar-refractivity contribution in [1.82, 2.24) is 10.2 Å². The van der Waals surface area contributed by atoms with Crippen molar-refractivity contribution in [3.05, 3.63) is 101 Å². The van der Waals surface area contributed by atoms with Crippen LogP contribution in [0.3, 0.4) is 0 Å². The highest BCUT2D eigenvalue weighted by Gasteiger charge is 2.30. The van der Waals surface area contributed by atoms with Crippen LogP contribution in [-0.4, -0.2) is 42.9 Å². The van der Waals surface area contributed by atoms with Crippen molar-refractivity contribution < 1.29 is 18.7 Å². The van der Waals surface area contributed by atoms with Crippen LogP contribution in [0, 0.1) is 5.82 Å². The molecule has 1 aliphatic heterocycles. The van der Waals surface area contributed by atoms with Crippen LogP contribution >= 0.6 is 0 Å². The molecule has 4 rings (SSSR count). The largest absolute Gasteiger partial charge is 0.449 e. The van der Waals surface area contributed by atoms with Gasteiger partial charge in [0.2, 0.25) is 0 Å². The Bertz CT molecular complexity index is 1310. The lowest BCUT2D eigenvalue weighted by Crippen LogP contribution is -2.37. The fourth-order valence-electron chi connectivity index (χ4n) is 4.63. The number of unbranched alkanes of at least 4 members (excludes halogenated alkanes) is 2. The number of halogens is 1. The van der Waals surface area contributed by atoms with Gasteiger partial charge in [-0.05, 0) is 67.9 Å². The van der Waals surface area contributed by atoms with Gasteiger partial charge in [0.25, 0.3) is 11.8 Å². The number of anilines is 1. The molecule has 0 atom stereocenters. The van der Waals surface area contributed by atoms with Crippen molar-refractivity contribution in [3.63, 3.8) is 0 Å². The number of carbonyl (C=O) groups is 2. The van der Waals surface area contributed by atoms with Crippen LogP contribution in [0.15, 0.2) is 78.6 Å². The maximum atomic E-state index is 14.4. The molecule has 6 nitrogen and oxygen atoms in total. The van der Waals surface area contributed by atoms with Crippen molar-refractivity contribution in [1.29, 1.82) is 0 Å². The van der Waals surface area contributed by atoms with Crippen LogP contribution in [0.25, 0.3) is 6.08 Å². The molecule has 3 aromatic rings. The van der Waals surface area contributed by atoms with E-state index >= 15 is 0 Å². The van der Waals surface area contributed by atoms with Crippen molar-refractivity contribution in [2.45, 2.75) is 46.1 Å². The summed E-state index contributed by atoms with van der Waals surface area (Å²) in [5.41, 5.74) is 2.28. The molecule has 0 saturated carbocycles. The molecule has 0 bridgehead atoms. The average Bonchev–Trinajstić information content (AvgIpc) is 2.97. The Hall–Kier alpha value is -3.97. The van der Waals surface area contributed by atoms with E-state index in [0.29, 0.717) is 29.1 Å². The fourth-order valence-corrected chi connectivity index (χ4v) is 4.63. The Balaban J connectivity index is 1.42. The standard InChI is InChI=1S/C33H38FN3O3/c1-3-5-20-36(21-6-4-2)22-19-35-32(38)26-17-15-25(16-18-26)23-31-33(39)37(24-27-11-7-8-12-28(27)34)29-13-9-10-14-30(29)40-31/h7-18,23H,3-6,19-22,24H2,1-2H3,(H,35,38)/b31-23-. The summed E-state index contributed by atoms with van der Waals surface area (Å²) in [5, 5.41) is 3.02. The second kappa shape index (κ2) is 14.4. The molecule has 0 fully saturated rings. The summed E-state index contributed by atoms with van der Waals surface area (Å²) in [7, 11) is 0. The molecule has 0 saturated heterocycles. The molecule has 1 heterocycles. The van der Waals surface area contributed by atoms with Crippen molar-refractivity contribution in [2.24, 2.45) is 0 Å². The number of nitrogens with zero attached hydrogens (tertiary/aromatic N) is 2. The first-order valence-electron chi connectivity index (χ1n) is 14.1. The lowest BCUT2D eigenvalue weighted by molar-refractivity contribution is -0.117. The number of fused-ring (bicyclic) bond motifs is 1. The number of carbonyl (C=O) groups excluding carboxylic acids is 2. The molecule has 7 heteroatoms. The van der Waals surface area contributed by atoms with Crippen molar-refractivity contribution in [2.75, 3.05) is 31.1 Å². The SMILES string of the molecule is CCCCN(CCCC)CCNC(=O)c1ccc(/C=C2\Oc3ccccc3N(Cc3ccccc3F)C2=O)cc1. The van der Waals surface area contributed by atoms with E-state index in [-0.39, 0.29) is 29.9 Å². The first-order chi connectivity index (χ1) is 19.5. The Labute approximate surface area is 236 Å². The highest BCUT2D eigenvalue weighted by Crippen LogP contribution is 2.36. The molecule has 2 amide bonds. The highest BCUT2D eigenvalue weighted by molar-refractivity contribution is 6.09. The Morgan fingerprint density at radius 1 is 0.925 bits per heavy atom. The molecular formula is C33H38FN3O3. The molecule has 0 unspecified atom stereocenters. The van der Waals surface area contributed by atoms with Gasteiger partial charge in [0.05, 0.1) is 12.2 Å². The van der Waals surface area contributed by atoms with E-state index in [9.17, 15) is 14.0 Å². The fraction of sp³-hybridized carbons (Fsp3) is 0.333. The number of benzene rings is 3. The van der Waals surface area contributed by atoms with Gasteiger partial charge in [-0.3, -0.25) is 14.5 Å². The van der Waals surface area contributed by atoms with Crippen LogP contribution < -0.4 is 15.0 Å². The third kappa shape index (κ3) is 7.57. The quantitative estimate of drug-likeness (QED) is 0.253. The molecule has 0 aromatic heterocycles. The normalized spacial score (nSPS) is 13.8. The van der Waals surface area contributed by atoms with Gasteiger partial charge in [-0.1, -0.05) is 69.2 Å². The van der Waals surface area contributed by atoms with Gasteiger partial charge in [0.15, 0.2) is 11.5 Å². The molecule has 210 valence electrons. The number of nitrogens with one attached hydrogen (secondary N) is 1. The second-order valence-electron chi connectivity index (χ2n) is 9.99. The zero-order chi connectivity index (χ0) is 28.3. The van der Waals surface area contributed by atoms with E-state index in [0.717, 1.165) is 50.9 Å². The van der Waals surface area contributed by atoms with Crippen molar-refractivity contribution >= 4 is 23.6 Å². The zero-order valence-corrected chi connectivity index (χ0v) is 23.4. The molecule has 0 spiro atoms. The van der Waals surface area contributed by atoms with E-state index in [1.54, 1.807) is 60.7 Å². The topological polar surface area (TPSA) is 61.9 Å². The summed E-state index contributed by atoms with van der Waals surface area (Å²) in [5.74, 6) is -0.202. The first-order valence-corrected chi connectivity index (χ1v) is 14.1. The van der Waals surface area contributed by atoms with E-state index in [1.807, 2.05) is 12.1 Å². The Morgan fingerprint density at radius 2 is 1.60 bits per heavy atom. The minimum Gasteiger partial charge on any atom is -0.449 e. The predicted octanol–water partition coefficient (Wildman–Crippen LogP) is 6.42. The number of rotatable bonds is 13. The molecule has 0 aliphatic carbocycles. The maximum Gasteiger partial charge on any atom is 0.294 e. The minimum atomic E-state index is -0.367. The lowest BCUT2D eigenvalue weighted by atomic mass is 10.1. The van der Waals surface area contributed by atoms with Gasteiger partial charge in [-0.2, -0.15) is 0 Å². The number of ether oxygens (including phenoxy) is 1. The smallest absolute Gasteiger partial charge is 0.294 e. The van der Waals surface area contributed by atoms with Crippen LogP contribution in [0.5, 0.6) is 5.75 Å². The molecular weight excluding hydrogens is 505 g/mol. The Kier molecular flexibility index (Phi) is 10.5. The zero-order valence-electron chi connectivity index (χ0n) is 23.4. The summed E-state index contributed by atoms with van der Waals surface area (Å²) in [6.07, 6.45) is 6.28. The molecule has 3 aromatic carbocycles. The lowest BCUT2D eigenvalue weighted by Gasteiger charge is -2.30. The summed E-state index contributed by atoms with van der Waals surface area (Å²) < 4.78 is 20.3. The summed E-state index contributed by atoms with van der Waals surface area (Å²) in [6.45, 7) is 8.00. The van der Waals surface area contributed by atoms with E-state index in [2.05, 4.69) is 24.1 Å². The van der Waals surface area contributed by atoms with E-state index < -0.39 is 0 Å². The molecule has 1 aliphatic rings. The van der Waals surface area contributed by atoms with Gasteiger partial charge < -0.3 is 15.0 Å². The molecule has 0 radical (unpaired) electrons. The number of hydrogen-bond acceptors (Lipinski definition) is 4. The molecule has 40 heavy (non-hydrogen) atoms. The number of para-hydroxylation sites is 2. The average molecular weight is 544 g/mol. The third-order valence-electron chi connectivity index (χ3n) is 6.96. The Morgan fingerprint density at radius 3 is 2.30 bits per heavy atom. The number of hydrogen-bond donors (Lipinski definition) is 1. The van der Waals surface area contributed by atoms with E-state index in [4.69, 9.17) is 4.74 Å². The highest BCUT2D eigenvalue weighted by atomic mass is 19.1. The molecule has 1 N–H and O–H groups in total. The summed E-state index contributed by atoms with van der Waals surface area (Å²) >= 11 is 0. The monoisotopic (exact) mass is 543 g/mol. The third-order valence-corrected chi connectivity index (χ3v) is 6.96. The van der Waals surface area contributed by atoms with E-state index in [1.165, 1.54) is 11.0 Å². The summed E-state index contributed by atoms with van der Waals surface area (Å²) in [4.78, 5) is 30.1. The van der Waals surface area contributed by atoms with Crippen LogP contribution in [0.2, 0.25) is 0 Å². The van der Waals surface area contributed by atoms with Crippen LogP contribution in [0.1, 0.15) is 61.0 Å². The first kappa shape index (κ1) is 29.0. The van der Waals surface area contributed by atoms with Crippen molar-refractivity contribution in [3.8, 4) is 5.75 Å². The maximum absolute atomic E-state index is 14.4. The van der Waals surface area contributed by atoms with Gasteiger partial charge in [0, 0.05) is 24.2 Å². The van der Waals surface area contributed by atoms with Gasteiger partial charge >= 0.3 is 0 Å². The minimum absolute atomic E-state index is 0.0800. The second-order valence-corrected chi connectivity index (χ2v) is 9.99. The number of amides is 2. The van der Waals surface area contributed by atoms with Gasteiger partial charge in [0.1, 0.15) is 5.82 Å².